The van der Waals surface area contributed by atoms with E-state index >= 15 is 0 Å². The van der Waals surface area contributed by atoms with Crippen molar-refractivity contribution in [3.63, 3.8) is 0 Å². The van der Waals surface area contributed by atoms with E-state index in [1.807, 2.05) is 19.1 Å². The Morgan fingerprint density at radius 1 is 1.47 bits per heavy atom. The second-order valence-corrected chi connectivity index (χ2v) is 4.09. The van der Waals surface area contributed by atoms with Gasteiger partial charge in [-0.05, 0) is 43.0 Å². The Bertz CT molecular complexity index is 367. The number of halogens is 1. The molecule has 1 aromatic rings. The molecule has 0 atom stereocenters. The maximum Gasteiger partial charge on any atom is 0.123 e. The van der Waals surface area contributed by atoms with Crippen LogP contribution in [0.25, 0.3) is 6.08 Å². The molecule has 1 aromatic carbocycles. The van der Waals surface area contributed by atoms with Crippen molar-refractivity contribution in [1.82, 2.24) is 5.32 Å². The zero-order valence-corrected chi connectivity index (χ0v) is 8.96. The molecule has 1 fully saturated rings. The lowest BCUT2D eigenvalue weighted by Gasteiger charge is -2.00. The zero-order valence-electron chi connectivity index (χ0n) is 8.96. The van der Waals surface area contributed by atoms with Crippen molar-refractivity contribution in [2.24, 2.45) is 0 Å². The zero-order chi connectivity index (χ0) is 10.7. The van der Waals surface area contributed by atoms with E-state index in [1.54, 1.807) is 6.07 Å². The smallest absolute Gasteiger partial charge is 0.123 e. The van der Waals surface area contributed by atoms with Crippen molar-refractivity contribution < 1.29 is 4.39 Å². The maximum absolute atomic E-state index is 12.9. The molecule has 0 radical (unpaired) electrons. The van der Waals surface area contributed by atoms with Crippen LogP contribution in [-0.4, -0.2) is 12.6 Å². The first kappa shape index (κ1) is 10.4. The van der Waals surface area contributed by atoms with E-state index in [-0.39, 0.29) is 5.82 Å². The van der Waals surface area contributed by atoms with Gasteiger partial charge in [0.2, 0.25) is 0 Å². The average molecular weight is 205 g/mol. The van der Waals surface area contributed by atoms with Gasteiger partial charge in [-0.15, -0.1) is 0 Å². The molecule has 1 saturated carbocycles. The van der Waals surface area contributed by atoms with Crippen molar-refractivity contribution in [3.8, 4) is 0 Å². The molecule has 2 heteroatoms. The quantitative estimate of drug-likeness (QED) is 0.797. The fourth-order valence-corrected chi connectivity index (χ4v) is 1.50. The van der Waals surface area contributed by atoms with Crippen LogP contribution in [0.1, 0.15) is 24.0 Å². The van der Waals surface area contributed by atoms with Gasteiger partial charge >= 0.3 is 0 Å². The molecule has 0 bridgehead atoms. The number of nitrogens with one attached hydrogen (secondary N) is 1. The maximum atomic E-state index is 12.9. The summed E-state index contributed by atoms with van der Waals surface area (Å²) in [5.41, 5.74) is 2.08. The fourth-order valence-electron chi connectivity index (χ4n) is 1.50. The lowest BCUT2D eigenvalue weighted by molar-refractivity contribution is 0.627. The summed E-state index contributed by atoms with van der Waals surface area (Å²) >= 11 is 0. The van der Waals surface area contributed by atoms with Gasteiger partial charge in [-0.1, -0.05) is 18.2 Å². The highest BCUT2D eigenvalue weighted by molar-refractivity contribution is 5.53. The third-order valence-corrected chi connectivity index (χ3v) is 2.64. The Morgan fingerprint density at radius 3 is 3.00 bits per heavy atom. The molecule has 0 aromatic heterocycles. The molecule has 0 unspecified atom stereocenters. The summed E-state index contributed by atoms with van der Waals surface area (Å²) in [5, 5.41) is 3.38. The standard InChI is InChI=1S/C13H16FN/c1-10-4-5-12(14)9-11(10)3-2-8-15-13-6-7-13/h2-5,9,13,15H,6-8H2,1H3/b3-2+. The molecular formula is C13H16FN. The molecule has 1 N–H and O–H groups in total. The second-order valence-electron chi connectivity index (χ2n) is 4.09. The molecule has 80 valence electrons. The van der Waals surface area contributed by atoms with Crippen LogP contribution in [0.5, 0.6) is 0 Å². The van der Waals surface area contributed by atoms with Crippen molar-refractivity contribution in [1.29, 1.82) is 0 Å². The number of aryl methyl sites for hydroxylation is 1. The first-order valence-electron chi connectivity index (χ1n) is 5.42. The Morgan fingerprint density at radius 2 is 2.27 bits per heavy atom. The molecule has 1 nitrogen and oxygen atoms in total. The van der Waals surface area contributed by atoms with E-state index in [0.717, 1.165) is 23.7 Å². The first-order valence-corrected chi connectivity index (χ1v) is 5.42. The summed E-state index contributed by atoms with van der Waals surface area (Å²) in [4.78, 5) is 0. The molecule has 0 aliphatic heterocycles. The number of benzene rings is 1. The fraction of sp³-hybridized carbons (Fsp3) is 0.385. The summed E-state index contributed by atoms with van der Waals surface area (Å²) in [5.74, 6) is -0.171. The molecule has 0 amide bonds. The van der Waals surface area contributed by atoms with Crippen LogP contribution in [0.3, 0.4) is 0 Å². The normalized spacial score (nSPS) is 16.1. The minimum atomic E-state index is -0.171. The van der Waals surface area contributed by atoms with Gasteiger partial charge in [-0.3, -0.25) is 0 Å². The molecule has 15 heavy (non-hydrogen) atoms. The third kappa shape index (κ3) is 3.17. The van der Waals surface area contributed by atoms with Crippen LogP contribution in [0.15, 0.2) is 24.3 Å². The molecule has 0 saturated heterocycles. The van der Waals surface area contributed by atoms with Crippen molar-refractivity contribution in [2.75, 3.05) is 6.54 Å². The summed E-state index contributed by atoms with van der Waals surface area (Å²) < 4.78 is 12.9. The predicted molar refractivity (Wildman–Crippen MR) is 61.2 cm³/mol. The van der Waals surface area contributed by atoms with E-state index in [2.05, 4.69) is 11.4 Å². The predicted octanol–water partition coefficient (Wildman–Crippen LogP) is 2.90. The van der Waals surface area contributed by atoms with Gasteiger partial charge in [0.05, 0.1) is 0 Å². The van der Waals surface area contributed by atoms with E-state index in [4.69, 9.17) is 0 Å². The first-order chi connectivity index (χ1) is 7.25. The second kappa shape index (κ2) is 4.58. The Balaban J connectivity index is 1.92. The minimum absolute atomic E-state index is 0.171. The molecular weight excluding hydrogens is 189 g/mol. The Kier molecular flexibility index (Phi) is 3.17. The molecule has 0 spiro atoms. The molecule has 1 aliphatic carbocycles. The van der Waals surface area contributed by atoms with E-state index in [0.29, 0.717) is 0 Å². The van der Waals surface area contributed by atoms with Gasteiger partial charge in [0.1, 0.15) is 5.82 Å². The van der Waals surface area contributed by atoms with Crippen LogP contribution < -0.4 is 5.32 Å². The number of hydrogen-bond donors (Lipinski definition) is 1. The molecule has 2 rings (SSSR count). The van der Waals surface area contributed by atoms with Gasteiger partial charge in [-0.25, -0.2) is 4.39 Å². The third-order valence-electron chi connectivity index (χ3n) is 2.64. The van der Waals surface area contributed by atoms with E-state index in [9.17, 15) is 4.39 Å². The number of hydrogen-bond acceptors (Lipinski definition) is 1. The summed E-state index contributed by atoms with van der Waals surface area (Å²) in [6.07, 6.45) is 6.63. The lowest BCUT2D eigenvalue weighted by atomic mass is 10.1. The van der Waals surface area contributed by atoms with Crippen LogP contribution in [0, 0.1) is 12.7 Å². The Labute approximate surface area is 90.0 Å². The van der Waals surface area contributed by atoms with Crippen molar-refractivity contribution in [3.05, 3.63) is 41.2 Å². The van der Waals surface area contributed by atoms with Crippen molar-refractivity contribution >= 4 is 6.08 Å². The summed E-state index contributed by atoms with van der Waals surface area (Å²) in [7, 11) is 0. The molecule has 1 aliphatic rings. The van der Waals surface area contributed by atoms with Crippen molar-refractivity contribution in [2.45, 2.75) is 25.8 Å². The SMILES string of the molecule is Cc1ccc(F)cc1/C=C/CNC1CC1. The highest BCUT2D eigenvalue weighted by Crippen LogP contribution is 2.18. The van der Waals surface area contributed by atoms with Gasteiger partial charge in [-0.2, -0.15) is 0 Å². The van der Waals surface area contributed by atoms with Crippen LogP contribution in [0.2, 0.25) is 0 Å². The highest BCUT2D eigenvalue weighted by Gasteiger charge is 2.18. The monoisotopic (exact) mass is 205 g/mol. The largest absolute Gasteiger partial charge is 0.311 e. The van der Waals surface area contributed by atoms with Crippen LogP contribution >= 0.6 is 0 Å². The van der Waals surface area contributed by atoms with Gasteiger partial charge in [0.25, 0.3) is 0 Å². The van der Waals surface area contributed by atoms with Gasteiger partial charge < -0.3 is 5.32 Å². The Hall–Kier alpha value is -1.15. The number of rotatable bonds is 4. The van der Waals surface area contributed by atoms with E-state index < -0.39 is 0 Å². The van der Waals surface area contributed by atoms with Gasteiger partial charge in [0.15, 0.2) is 0 Å². The average Bonchev–Trinajstić information content (AvgIpc) is 3.01. The van der Waals surface area contributed by atoms with Crippen LogP contribution in [0.4, 0.5) is 4.39 Å². The topological polar surface area (TPSA) is 12.0 Å². The highest BCUT2D eigenvalue weighted by atomic mass is 19.1. The summed E-state index contributed by atoms with van der Waals surface area (Å²) in [6, 6.07) is 5.60. The molecule has 0 heterocycles. The van der Waals surface area contributed by atoms with Gasteiger partial charge in [0, 0.05) is 12.6 Å². The lowest BCUT2D eigenvalue weighted by Crippen LogP contribution is -2.15. The van der Waals surface area contributed by atoms with E-state index in [1.165, 1.54) is 18.9 Å². The summed E-state index contributed by atoms with van der Waals surface area (Å²) in [6.45, 7) is 2.87. The van der Waals surface area contributed by atoms with Crippen LogP contribution in [-0.2, 0) is 0 Å². The minimum Gasteiger partial charge on any atom is -0.311 e.